The molecule has 0 heterocycles. The quantitative estimate of drug-likeness (QED) is 0.664. The summed E-state index contributed by atoms with van der Waals surface area (Å²) < 4.78 is 10.4. The highest BCUT2D eigenvalue weighted by atomic mass is 16.5. The van der Waals surface area contributed by atoms with Gasteiger partial charge in [0.2, 0.25) is 0 Å². The molecule has 1 unspecified atom stereocenters. The molecule has 1 saturated carbocycles. The minimum atomic E-state index is 0.446. The third kappa shape index (κ3) is 4.57. The average molecular weight is 243 g/mol. The van der Waals surface area contributed by atoms with Gasteiger partial charge in [-0.3, -0.25) is 0 Å². The van der Waals surface area contributed by atoms with E-state index in [9.17, 15) is 0 Å². The Bertz CT molecular complexity index is 191. The summed E-state index contributed by atoms with van der Waals surface area (Å²) in [6, 6.07) is 0. The summed E-state index contributed by atoms with van der Waals surface area (Å²) in [6.07, 6.45) is 6.84. The first kappa shape index (κ1) is 14.9. The fourth-order valence-corrected chi connectivity index (χ4v) is 3.04. The maximum absolute atomic E-state index is 5.36. The van der Waals surface area contributed by atoms with Crippen LogP contribution in [0.4, 0.5) is 0 Å². The molecule has 102 valence electrons. The lowest BCUT2D eigenvalue weighted by Crippen LogP contribution is -2.43. The van der Waals surface area contributed by atoms with Gasteiger partial charge in [-0.05, 0) is 24.2 Å². The van der Waals surface area contributed by atoms with Crippen molar-refractivity contribution >= 4 is 0 Å². The Morgan fingerprint density at radius 1 is 1.12 bits per heavy atom. The maximum Gasteiger partial charge on any atom is 0.0587 e. The number of nitrogens with one attached hydrogen (secondary N) is 1. The zero-order chi connectivity index (χ0) is 12.6. The Hall–Kier alpha value is -0.120. The van der Waals surface area contributed by atoms with Crippen LogP contribution in [-0.2, 0) is 9.47 Å². The molecule has 1 aliphatic carbocycles. The van der Waals surface area contributed by atoms with Crippen molar-refractivity contribution < 1.29 is 9.47 Å². The van der Waals surface area contributed by atoms with Crippen molar-refractivity contribution in [1.29, 1.82) is 0 Å². The minimum Gasteiger partial charge on any atom is -0.384 e. The lowest BCUT2D eigenvalue weighted by molar-refractivity contribution is 0.0387. The second-order valence-electron chi connectivity index (χ2n) is 5.45. The van der Waals surface area contributed by atoms with E-state index >= 15 is 0 Å². The Balaban J connectivity index is 2.45. The first-order valence-electron chi connectivity index (χ1n) is 6.94. The van der Waals surface area contributed by atoms with E-state index in [1.165, 1.54) is 32.1 Å². The molecule has 0 aliphatic heterocycles. The first-order valence-corrected chi connectivity index (χ1v) is 6.94. The van der Waals surface area contributed by atoms with Crippen molar-refractivity contribution in [2.24, 2.45) is 11.3 Å². The normalized spacial score (nSPS) is 21.4. The standard InChI is InChI=1S/C14H29NO2/c1-13(11-17-3)14(7-5-4-6-8-14)12-15-9-10-16-2/h13,15H,4-12H2,1-3H3. The van der Waals surface area contributed by atoms with Gasteiger partial charge < -0.3 is 14.8 Å². The lowest BCUT2D eigenvalue weighted by atomic mass is 9.66. The largest absolute Gasteiger partial charge is 0.384 e. The van der Waals surface area contributed by atoms with Crippen LogP contribution in [0.15, 0.2) is 0 Å². The van der Waals surface area contributed by atoms with Crippen molar-refractivity contribution in [1.82, 2.24) is 5.32 Å². The third-order valence-corrected chi connectivity index (χ3v) is 4.27. The van der Waals surface area contributed by atoms with Gasteiger partial charge in [0.15, 0.2) is 0 Å². The van der Waals surface area contributed by atoms with Gasteiger partial charge in [0, 0.05) is 33.9 Å². The molecule has 0 spiro atoms. The van der Waals surface area contributed by atoms with Crippen LogP contribution in [0, 0.1) is 11.3 Å². The van der Waals surface area contributed by atoms with Crippen molar-refractivity contribution in [2.45, 2.75) is 39.0 Å². The van der Waals surface area contributed by atoms with E-state index < -0.39 is 0 Å². The van der Waals surface area contributed by atoms with Crippen LogP contribution in [0.1, 0.15) is 39.0 Å². The monoisotopic (exact) mass is 243 g/mol. The average Bonchev–Trinajstić information content (AvgIpc) is 2.36. The Morgan fingerprint density at radius 3 is 2.41 bits per heavy atom. The molecule has 1 atom stereocenters. The summed E-state index contributed by atoms with van der Waals surface area (Å²) in [5, 5.41) is 3.56. The van der Waals surface area contributed by atoms with E-state index in [4.69, 9.17) is 9.47 Å². The predicted octanol–water partition coefficient (Wildman–Crippen LogP) is 2.46. The SMILES string of the molecule is COCCNCC1(C(C)COC)CCCCC1. The molecule has 3 nitrogen and oxygen atoms in total. The van der Waals surface area contributed by atoms with Crippen molar-refractivity contribution in [3.05, 3.63) is 0 Å². The molecule has 0 bridgehead atoms. The molecule has 1 aliphatic rings. The number of hydrogen-bond acceptors (Lipinski definition) is 3. The zero-order valence-electron chi connectivity index (χ0n) is 11.8. The molecule has 17 heavy (non-hydrogen) atoms. The molecule has 0 saturated heterocycles. The Kier molecular flexibility index (Phi) is 7.09. The topological polar surface area (TPSA) is 30.5 Å². The molecular weight excluding hydrogens is 214 g/mol. The van der Waals surface area contributed by atoms with E-state index in [1.54, 1.807) is 7.11 Å². The molecule has 0 amide bonds. The zero-order valence-corrected chi connectivity index (χ0v) is 11.8. The van der Waals surface area contributed by atoms with Gasteiger partial charge in [-0.1, -0.05) is 26.2 Å². The molecule has 1 rings (SSSR count). The van der Waals surface area contributed by atoms with Gasteiger partial charge in [0.05, 0.1) is 6.61 Å². The van der Waals surface area contributed by atoms with Crippen LogP contribution in [0.25, 0.3) is 0 Å². The van der Waals surface area contributed by atoms with Crippen molar-refractivity contribution in [2.75, 3.05) is 40.5 Å². The van der Waals surface area contributed by atoms with Gasteiger partial charge in [0.25, 0.3) is 0 Å². The summed E-state index contributed by atoms with van der Waals surface area (Å²) in [5.74, 6) is 0.642. The fraction of sp³-hybridized carbons (Fsp3) is 1.00. The van der Waals surface area contributed by atoms with E-state index in [0.717, 1.165) is 26.3 Å². The molecule has 3 heteroatoms. The molecule has 1 fully saturated rings. The van der Waals surface area contributed by atoms with Crippen LogP contribution in [0.2, 0.25) is 0 Å². The van der Waals surface area contributed by atoms with Gasteiger partial charge in [-0.15, -0.1) is 0 Å². The maximum atomic E-state index is 5.36. The summed E-state index contributed by atoms with van der Waals surface area (Å²) in [4.78, 5) is 0. The number of rotatable bonds is 8. The van der Waals surface area contributed by atoms with E-state index in [1.807, 2.05) is 7.11 Å². The van der Waals surface area contributed by atoms with E-state index in [-0.39, 0.29) is 0 Å². The first-order chi connectivity index (χ1) is 8.25. The predicted molar refractivity (Wildman–Crippen MR) is 71.3 cm³/mol. The second kappa shape index (κ2) is 8.06. The van der Waals surface area contributed by atoms with Crippen LogP contribution in [-0.4, -0.2) is 40.5 Å². The molecule has 1 N–H and O–H groups in total. The van der Waals surface area contributed by atoms with Crippen molar-refractivity contribution in [3.63, 3.8) is 0 Å². The van der Waals surface area contributed by atoms with Crippen molar-refractivity contribution in [3.8, 4) is 0 Å². The van der Waals surface area contributed by atoms with Crippen LogP contribution in [0.5, 0.6) is 0 Å². The summed E-state index contributed by atoms with van der Waals surface area (Å²) in [7, 11) is 3.57. The van der Waals surface area contributed by atoms with Gasteiger partial charge in [0.1, 0.15) is 0 Å². The van der Waals surface area contributed by atoms with Crippen LogP contribution >= 0.6 is 0 Å². The third-order valence-electron chi connectivity index (χ3n) is 4.27. The van der Waals surface area contributed by atoms with Gasteiger partial charge in [-0.2, -0.15) is 0 Å². The highest BCUT2D eigenvalue weighted by Crippen LogP contribution is 2.42. The summed E-state index contributed by atoms with van der Waals surface area (Å²) in [5.41, 5.74) is 0.446. The summed E-state index contributed by atoms with van der Waals surface area (Å²) >= 11 is 0. The fourth-order valence-electron chi connectivity index (χ4n) is 3.04. The number of ether oxygens (including phenoxy) is 2. The van der Waals surface area contributed by atoms with Crippen LogP contribution < -0.4 is 5.32 Å². The Morgan fingerprint density at radius 2 is 1.82 bits per heavy atom. The molecular formula is C14H29NO2. The molecule has 0 aromatic carbocycles. The van der Waals surface area contributed by atoms with Crippen LogP contribution in [0.3, 0.4) is 0 Å². The van der Waals surface area contributed by atoms with E-state index in [0.29, 0.717) is 11.3 Å². The lowest BCUT2D eigenvalue weighted by Gasteiger charge is -2.42. The summed E-state index contributed by atoms with van der Waals surface area (Å²) in [6.45, 7) is 6.09. The number of hydrogen-bond donors (Lipinski definition) is 1. The number of methoxy groups -OCH3 is 2. The second-order valence-corrected chi connectivity index (χ2v) is 5.45. The minimum absolute atomic E-state index is 0.446. The molecule has 0 aromatic heterocycles. The van der Waals surface area contributed by atoms with E-state index in [2.05, 4.69) is 12.2 Å². The smallest absolute Gasteiger partial charge is 0.0587 e. The van der Waals surface area contributed by atoms with Gasteiger partial charge in [-0.25, -0.2) is 0 Å². The Labute approximate surface area is 106 Å². The van der Waals surface area contributed by atoms with Gasteiger partial charge >= 0.3 is 0 Å². The molecule has 0 radical (unpaired) electrons. The molecule has 0 aromatic rings. The highest BCUT2D eigenvalue weighted by Gasteiger charge is 2.36. The highest BCUT2D eigenvalue weighted by molar-refractivity contribution is 4.89.